The summed E-state index contributed by atoms with van der Waals surface area (Å²) in [6.07, 6.45) is 0. The Labute approximate surface area is 131 Å². The maximum absolute atomic E-state index is 5.65. The Hall–Kier alpha value is -1.98. The van der Waals surface area contributed by atoms with Gasteiger partial charge < -0.3 is 10.3 Å². The molecule has 0 bridgehead atoms. The van der Waals surface area contributed by atoms with Gasteiger partial charge >= 0.3 is 0 Å². The summed E-state index contributed by atoms with van der Waals surface area (Å²) in [4.78, 5) is 4.46. The number of nitrogens with two attached hydrogens (primary N) is 1. The van der Waals surface area contributed by atoms with E-state index in [9.17, 15) is 0 Å². The Balaban J connectivity index is 1.97. The minimum absolute atomic E-state index is 0.486. The molecule has 106 valence electrons. The predicted molar refractivity (Wildman–Crippen MR) is 85.5 cm³/mol. The van der Waals surface area contributed by atoms with Crippen molar-refractivity contribution in [3.8, 4) is 22.8 Å². The second kappa shape index (κ2) is 5.79. The van der Waals surface area contributed by atoms with Crippen molar-refractivity contribution in [3.05, 3.63) is 58.1 Å². The van der Waals surface area contributed by atoms with Gasteiger partial charge in [0, 0.05) is 22.1 Å². The van der Waals surface area contributed by atoms with Crippen LogP contribution in [0, 0.1) is 6.92 Å². The third-order valence-electron chi connectivity index (χ3n) is 3.27. The van der Waals surface area contributed by atoms with Crippen LogP contribution in [-0.2, 0) is 6.54 Å². The zero-order valence-electron chi connectivity index (χ0n) is 11.5. The summed E-state index contributed by atoms with van der Waals surface area (Å²) in [5.41, 5.74) is 9.64. The molecule has 1 heterocycles. The molecule has 0 saturated carbocycles. The molecule has 4 nitrogen and oxygen atoms in total. The number of hydrogen-bond acceptors (Lipinski definition) is 4. The number of halogens is 1. The first-order valence-electron chi connectivity index (χ1n) is 6.57. The van der Waals surface area contributed by atoms with Gasteiger partial charge in [-0.15, -0.1) is 0 Å². The number of aromatic nitrogens is 2. The van der Waals surface area contributed by atoms with Crippen LogP contribution >= 0.6 is 15.9 Å². The van der Waals surface area contributed by atoms with Crippen molar-refractivity contribution in [1.29, 1.82) is 0 Å². The quantitative estimate of drug-likeness (QED) is 0.782. The Kier molecular flexibility index (Phi) is 3.86. The molecule has 3 rings (SSSR count). The number of hydrogen-bond donors (Lipinski definition) is 1. The minimum atomic E-state index is 0.486. The van der Waals surface area contributed by atoms with E-state index in [1.54, 1.807) is 0 Å². The number of nitrogens with zero attached hydrogens (tertiary/aromatic N) is 2. The molecular weight excluding hydrogens is 330 g/mol. The average Bonchev–Trinajstić information content (AvgIpc) is 3.00. The van der Waals surface area contributed by atoms with E-state index in [1.165, 1.54) is 0 Å². The van der Waals surface area contributed by atoms with Gasteiger partial charge in [-0.3, -0.25) is 0 Å². The van der Waals surface area contributed by atoms with E-state index in [-0.39, 0.29) is 0 Å². The van der Waals surface area contributed by atoms with Gasteiger partial charge in [-0.05, 0) is 36.2 Å². The molecule has 0 fully saturated rings. The minimum Gasteiger partial charge on any atom is -0.334 e. The Morgan fingerprint density at radius 2 is 2.00 bits per heavy atom. The summed E-state index contributed by atoms with van der Waals surface area (Å²) in [5, 5.41) is 4.05. The number of benzene rings is 2. The average molecular weight is 344 g/mol. The molecule has 3 aromatic rings. The molecule has 0 saturated heterocycles. The van der Waals surface area contributed by atoms with Crippen LogP contribution in [0.25, 0.3) is 22.8 Å². The molecular formula is C16H14BrN3O. The van der Waals surface area contributed by atoms with Crippen LogP contribution in [0.5, 0.6) is 0 Å². The van der Waals surface area contributed by atoms with Gasteiger partial charge in [0.05, 0.1) is 0 Å². The second-order valence-electron chi connectivity index (χ2n) is 4.79. The van der Waals surface area contributed by atoms with Gasteiger partial charge in [0.25, 0.3) is 5.89 Å². The standard InChI is InChI=1S/C16H14BrN3O/c1-10-5-6-12(8-14(10)17)15-19-16(21-20-15)13-4-2-3-11(7-13)9-18/h2-8H,9,18H2,1H3. The van der Waals surface area contributed by atoms with Crippen molar-refractivity contribution in [3.63, 3.8) is 0 Å². The van der Waals surface area contributed by atoms with E-state index < -0.39 is 0 Å². The first kappa shape index (κ1) is 14.0. The first-order chi connectivity index (χ1) is 10.2. The maximum atomic E-state index is 5.65. The third kappa shape index (κ3) is 2.89. The first-order valence-corrected chi connectivity index (χ1v) is 7.36. The fraction of sp³-hybridized carbons (Fsp3) is 0.125. The number of rotatable bonds is 3. The molecule has 0 unspecified atom stereocenters. The summed E-state index contributed by atoms with van der Waals surface area (Å²) >= 11 is 3.51. The summed E-state index contributed by atoms with van der Waals surface area (Å²) in [6, 6.07) is 13.8. The normalized spacial score (nSPS) is 10.8. The van der Waals surface area contributed by atoms with Crippen molar-refractivity contribution in [2.24, 2.45) is 5.73 Å². The highest BCUT2D eigenvalue weighted by atomic mass is 79.9. The predicted octanol–water partition coefficient (Wildman–Crippen LogP) is 3.93. The zero-order valence-corrected chi connectivity index (χ0v) is 13.1. The molecule has 2 N–H and O–H groups in total. The van der Waals surface area contributed by atoms with Crippen LogP contribution in [0.4, 0.5) is 0 Å². The van der Waals surface area contributed by atoms with Crippen LogP contribution in [0.2, 0.25) is 0 Å². The van der Waals surface area contributed by atoms with Crippen molar-refractivity contribution in [2.75, 3.05) is 0 Å². The topological polar surface area (TPSA) is 64.9 Å². The highest BCUT2D eigenvalue weighted by molar-refractivity contribution is 9.10. The van der Waals surface area contributed by atoms with Crippen molar-refractivity contribution in [1.82, 2.24) is 10.1 Å². The highest BCUT2D eigenvalue weighted by Crippen LogP contribution is 2.26. The molecule has 1 aromatic heterocycles. The summed E-state index contributed by atoms with van der Waals surface area (Å²) < 4.78 is 6.38. The monoisotopic (exact) mass is 343 g/mol. The van der Waals surface area contributed by atoms with E-state index in [0.29, 0.717) is 18.3 Å². The third-order valence-corrected chi connectivity index (χ3v) is 4.12. The molecule has 0 atom stereocenters. The van der Waals surface area contributed by atoms with Crippen molar-refractivity contribution >= 4 is 15.9 Å². The van der Waals surface area contributed by atoms with Crippen LogP contribution in [-0.4, -0.2) is 10.1 Å². The molecule has 0 amide bonds. The Morgan fingerprint density at radius 3 is 2.76 bits per heavy atom. The molecule has 0 aliphatic rings. The van der Waals surface area contributed by atoms with E-state index >= 15 is 0 Å². The largest absolute Gasteiger partial charge is 0.334 e. The van der Waals surface area contributed by atoms with Gasteiger partial charge in [-0.2, -0.15) is 4.98 Å². The van der Waals surface area contributed by atoms with Crippen LogP contribution < -0.4 is 5.73 Å². The van der Waals surface area contributed by atoms with Gasteiger partial charge in [-0.1, -0.05) is 45.4 Å². The zero-order chi connectivity index (χ0) is 14.8. The van der Waals surface area contributed by atoms with E-state index in [1.807, 2.05) is 49.4 Å². The maximum Gasteiger partial charge on any atom is 0.258 e. The molecule has 21 heavy (non-hydrogen) atoms. The van der Waals surface area contributed by atoms with Gasteiger partial charge in [0.1, 0.15) is 0 Å². The van der Waals surface area contributed by atoms with Crippen LogP contribution in [0.3, 0.4) is 0 Å². The Morgan fingerprint density at radius 1 is 1.14 bits per heavy atom. The molecule has 2 aromatic carbocycles. The van der Waals surface area contributed by atoms with E-state index in [0.717, 1.165) is 26.7 Å². The van der Waals surface area contributed by atoms with Crippen molar-refractivity contribution < 1.29 is 4.52 Å². The molecule has 0 aliphatic heterocycles. The lowest BCUT2D eigenvalue weighted by molar-refractivity contribution is 0.432. The van der Waals surface area contributed by atoms with Gasteiger partial charge in [0.2, 0.25) is 5.82 Å². The lowest BCUT2D eigenvalue weighted by atomic mass is 10.1. The SMILES string of the molecule is Cc1ccc(-c2noc(-c3cccc(CN)c3)n2)cc1Br. The number of aryl methyl sites for hydroxylation is 1. The van der Waals surface area contributed by atoms with E-state index in [2.05, 4.69) is 26.1 Å². The highest BCUT2D eigenvalue weighted by Gasteiger charge is 2.11. The van der Waals surface area contributed by atoms with E-state index in [4.69, 9.17) is 10.3 Å². The van der Waals surface area contributed by atoms with Gasteiger partial charge in [-0.25, -0.2) is 0 Å². The lowest BCUT2D eigenvalue weighted by Gasteiger charge is -1.99. The smallest absolute Gasteiger partial charge is 0.258 e. The lowest BCUT2D eigenvalue weighted by Crippen LogP contribution is -1.95. The van der Waals surface area contributed by atoms with Crippen LogP contribution in [0.15, 0.2) is 51.5 Å². The fourth-order valence-corrected chi connectivity index (χ4v) is 2.40. The fourth-order valence-electron chi connectivity index (χ4n) is 2.02. The second-order valence-corrected chi connectivity index (χ2v) is 5.65. The Bertz CT molecular complexity index is 783. The molecule has 0 spiro atoms. The van der Waals surface area contributed by atoms with Gasteiger partial charge in [0.15, 0.2) is 0 Å². The molecule has 5 heteroatoms. The van der Waals surface area contributed by atoms with Crippen LogP contribution in [0.1, 0.15) is 11.1 Å². The molecule has 0 aliphatic carbocycles. The van der Waals surface area contributed by atoms with Crippen molar-refractivity contribution in [2.45, 2.75) is 13.5 Å². The molecule has 0 radical (unpaired) electrons. The summed E-state index contributed by atoms with van der Waals surface area (Å²) in [7, 11) is 0. The summed E-state index contributed by atoms with van der Waals surface area (Å²) in [6.45, 7) is 2.52. The summed E-state index contributed by atoms with van der Waals surface area (Å²) in [5.74, 6) is 1.07.